The van der Waals surface area contributed by atoms with Crippen LogP contribution in [0.4, 0.5) is 10.1 Å². The number of likely N-dealkylation sites (N-methyl/N-ethyl adjacent to an activating group) is 1. The summed E-state index contributed by atoms with van der Waals surface area (Å²) in [5.41, 5.74) is -0.183. The highest BCUT2D eigenvalue weighted by atomic mass is 35.5. The van der Waals surface area contributed by atoms with Crippen LogP contribution in [-0.2, 0) is 10.0 Å². The minimum Gasteiger partial charge on any atom is -0.336 e. The number of anilines is 1. The van der Waals surface area contributed by atoms with Crippen molar-refractivity contribution in [2.45, 2.75) is 11.8 Å². The molecule has 6 nitrogen and oxygen atoms in total. The highest BCUT2D eigenvalue weighted by molar-refractivity contribution is 7.92. The van der Waals surface area contributed by atoms with Crippen molar-refractivity contribution in [1.82, 2.24) is 9.80 Å². The number of para-hydroxylation sites is 1. The first-order chi connectivity index (χ1) is 13.7. The van der Waals surface area contributed by atoms with Crippen molar-refractivity contribution < 1.29 is 17.6 Å². The van der Waals surface area contributed by atoms with Crippen molar-refractivity contribution in [3.63, 3.8) is 0 Å². The molecule has 0 radical (unpaired) electrons. The molecule has 10 heteroatoms. The summed E-state index contributed by atoms with van der Waals surface area (Å²) in [5.74, 6) is -1.10. The van der Waals surface area contributed by atoms with Gasteiger partial charge < -0.3 is 9.80 Å². The lowest BCUT2D eigenvalue weighted by Gasteiger charge is -2.34. The Balaban J connectivity index is 1.91. The minimum absolute atomic E-state index is 0.0370. The Kier molecular flexibility index (Phi) is 6.68. The van der Waals surface area contributed by atoms with Crippen molar-refractivity contribution >= 4 is 44.8 Å². The third-order valence-electron chi connectivity index (χ3n) is 4.77. The topological polar surface area (TPSA) is 69.7 Å². The average Bonchev–Trinajstić information content (AvgIpc) is 2.69. The molecule has 2 aromatic carbocycles. The number of sulfonamides is 1. The quantitative estimate of drug-likeness (QED) is 0.739. The van der Waals surface area contributed by atoms with Crippen molar-refractivity contribution in [3.8, 4) is 0 Å². The van der Waals surface area contributed by atoms with Crippen molar-refractivity contribution in [3.05, 3.63) is 57.8 Å². The largest absolute Gasteiger partial charge is 0.336 e. The average molecular weight is 460 g/mol. The van der Waals surface area contributed by atoms with Gasteiger partial charge in [-0.05, 0) is 30.8 Å². The van der Waals surface area contributed by atoms with Gasteiger partial charge in [0, 0.05) is 26.2 Å². The van der Waals surface area contributed by atoms with Crippen LogP contribution in [0.1, 0.15) is 17.3 Å². The smallest absolute Gasteiger partial charge is 0.263 e. The lowest BCUT2D eigenvalue weighted by molar-refractivity contribution is 0.0643. The minimum atomic E-state index is -4.24. The molecule has 0 spiro atoms. The number of nitrogens with one attached hydrogen (secondary N) is 1. The Morgan fingerprint density at radius 1 is 1.10 bits per heavy atom. The lowest BCUT2D eigenvalue weighted by atomic mass is 10.1. The molecular formula is C19H20Cl2FN3O3S. The first-order valence-electron chi connectivity index (χ1n) is 9.01. The number of piperazine rings is 1. The standard InChI is InChI=1S/C19H20Cl2FN3O3S/c1-2-24-7-9-25(10-8-24)19(26)13-11-18(15(21)12-14(13)20)29(27,28)23-17-6-4-3-5-16(17)22/h3-6,11-12,23H,2,7-10H2,1H3. The van der Waals surface area contributed by atoms with E-state index in [4.69, 9.17) is 23.2 Å². The van der Waals surface area contributed by atoms with Crippen LogP contribution in [0.2, 0.25) is 10.0 Å². The van der Waals surface area contributed by atoms with Gasteiger partial charge >= 0.3 is 0 Å². The second kappa shape index (κ2) is 8.87. The molecule has 3 rings (SSSR count). The van der Waals surface area contributed by atoms with Crippen molar-refractivity contribution in [2.75, 3.05) is 37.4 Å². The normalized spacial score (nSPS) is 15.4. The van der Waals surface area contributed by atoms with E-state index >= 15 is 0 Å². The molecule has 0 aromatic heterocycles. The molecule has 1 aliphatic heterocycles. The first kappa shape index (κ1) is 21.8. The number of amides is 1. The first-order valence-corrected chi connectivity index (χ1v) is 11.2. The molecule has 1 heterocycles. The molecule has 0 atom stereocenters. The lowest BCUT2D eigenvalue weighted by Crippen LogP contribution is -2.48. The van der Waals surface area contributed by atoms with Gasteiger partial charge in [-0.25, -0.2) is 12.8 Å². The van der Waals surface area contributed by atoms with Gasteiger partial charge in [0.25, 0.3) is 15.9 Å². The predicted octanol–water partition coefficient (Wildman–Crippen LogP) is 3.71. The van der Waals surface area contributed by atoms with Crippen LogP contribution in [0, 0.1) is 5.82 Å². The fourth-order valence-corrected chi connectivity index (χ4v) is 5.00. The summed E-state index contributed by atoms with van der Waals surface area (Å²) in [4.78, 5) is 16.4. The summed E-state index contributed by atoms with van der Waals surface area (Å²) in [6, 6.07) is 7.71. The second-order valence-electron chi connectivity index (χ2n) is 6.57. The maximum atomic E-state index is 13.9. The van der Waals surface area contributed by atoms with Crippen LogP contribution in [0.25, 0.3) is 0 Å². The number of hydrogen-bond acceptors (Lipinski definition) is 4. The maximum Gasteiger partial charge on any atom is 0.263 e. The number of halogens is 3. The number of benzene rings is 2. The summed E-state index contributed by atoms with van der Waals surface area (Å²) in [7, 11) is -4.24. The van der Waals surface area contributed by atoms with Crippen LogP contribution in [0.15, 0.2) is 41.3 Å². The molecular weight excluding hydrogens is 440 g/mol. The second-order valence-corrected chi connectivity index (χ2v) is 9.04. The highest BCUT2D eigenvalue weighted by Gasteiger charge is 2.27. The van der Waals surface area contributed by atoms with E-state index < -0.39 is 15.8 Å². The molecule has 1 amide bonds. The zero-order chi connectivity index (χ0) is 21.2. The van der Waals surface area contributed by atoms with Crippen LogP contribution < -0.4 is 4.72 Å². The molecule has 1 fully saturated rings. The van der Waals surface area contributed by atoms with Gasteiger partial charge in [0.2, 0.25) is 0 Å². The van der Waals surface area contributed by atoms with Gasteiger partial charge in [0.1, 0.15) is 10.7 Å². The fourth-order valence-electron chi connectivity index (χ4n) is 3.08. The summed E-state index contributed by atoms with van der Waals surface area (Å²) in [5, 5.41) is -0.103. The Morgan fingerprint density at radius 2 is 1.76 bits per heavy atom. The Hall–Kier alpha value is -1.87. The molecule has 29 heavy (non-hydrogen) atoms. The molecule has 156 valence electrons. The molecule has 1 N–H and O–H groups in total. The number of carbonyl (C=O) groups excluding carboxylic acids is 1. The Labute approximate surface area is 179 Å². The van der Waals surface area contributed by atoms with Crippen LogP contribution >= 0.6 is 23.2 Å². The highest BCUT2D eigenvalue weighted by Crippen LogP contribution is 2.31. The summed E-state index contributed by atoms with van der Waals surface area (Å²) in [6.07, 6.45) is 0. The Morgan fingerprint density at radius 3 is 2.38 bits per heavy atom. The number of rotatable bonds is 5. The van der Waals surface area contributed by atoms with Crippen LogP contribution in [0.5, 0.6) is 0 Å². The number of carbonyl (C=O) groups is 1. The molecule has 0 bridgehead atoms. The molecule has 0 saturated carbocycles. The van der Waals surface area contributed by atoms with E-state index in [-0.39, 0.29) is 32.1 Å². The van der Waals surface area contributed by atoms with Gasteiger partial charge in [-0.15, -0.1) is 0 Å². The molecule has 0 aliphatic carbocycles. The van der Waals surface area contributed by atoms with E-state index in [0.29, 0.717) is 13.1 Å². The van der Waals surface area contributed by atoms with Gasteiger partial charge in [0.05, 0.1) is 21.3 Å². The fraction of sp³-hybridized carbons (Fsp3) is 0.316. The van der Waals surface area contributed by atoms with Crippen molar-refractivity contribution in [2.24, 2.45) is 0 Å². The molecule has 0 unspecified atom stereocenters. The molecule has 1 saturated heterocycles. The van der Waals surface area contributed by atoms with E-state index in [1.165, 1.54) is 24.3 Å². The van der Waals surface area contributed by atoms with Crippen LogP contribution in [0.3, 0.4) is 0 Å². The van der Waals surface area contributed by atoms with Gasteiger partial charge in [-0.2, -0.15) is 0 Å². The molecule has 1 aliphatic rings. The number of nitrogens with zero attached hydrogens (tertiary/aromatic N) is 2. The predicted molar refractivity (Wildman–Crippen MR) is 112 cm³/mol. The maximum absolute atomic E-state index is 13.9. The Bertz CT molecular complexity index is 1030. The third-order valence-corrected chi connectivity index (χ3v) is 6.91. The van der Waals surface area contributed by atoms with Gasteiger partial charge in [-0.3, -0.25) is 9.52 Å². The van der Waals surface area contributed by atoms with E-state index in [1.54, 1.807) is 4.90 Å². The zero-order valence-electron chi connectivity index (χ0n) is 15.7. The van der Waals surface area contributed by atoms with Gasteiger partial charge in [-0.1, -0.05) is 42.3 Å². The molecule has 2 aromatic rings. The van der Waals surface area contributed by atoms with E-state index in [2.05, 4.69) is 9.62 Å². The van der Waals surface area contributed by atoms with E-state index in [1.807, 2.05) is 6.92 Å². The number of hydrogen-bond donors (Lipinski definition) is 1. The van der Waals surface area contributed by atoms with Gasteiger partial charge in [0.15, 0.2) is 0 Å². The monoisotopic (exact) mass is 459 g/mol. The van der Waals surface area contributed by atoms with E-state index in [0.717, 1.165) is 31.8 Å². The SMILES string of the molecule is CCN1CCN(C(=O)c2cc(S(=O)(=O)Nc3ccccc3F)c(Cl)cc2Cl)CC1. The summed E-state index contributed by atoms with van der Waals surface area (Å²) in [6.45, 7) is 5.43. The van der Waals surface area contributed by atoms with Crippen LogP contribution in [-0.4, -0.2) is 56.8 Å². The zero-order valence-corrected chi connectivity index (χ0v) is 18.0. The van der Waals surface area contributed by atoms with E-state index in [9.17, 15) is 17.6 Å². The van der Waals surface area contributed by atoms with Crippen molar-refractivity contribution in [1.29, 1.82) is 0 Å². The summed E-state index contributed by atoms with van der Waals surface area (Å²) >= 11 is 12.3. The third kappa shape index (κ3) is 4.83. The summed E-state index contributed by atoms with van der Waals surface area (Å²) < 4.78 is 41.6.